The van der Waals surface area contributed by atoms with E-state index in [9.17, 15) is 38.7 Å². The van der Waals surface area contributed by atoms with E-state index < -0.39 is 65.7 Å². The number of nitrogens with zero attached hydrogens (tertiary/aromatic N) is 2. The number of carbonyl (C=O) groups excluding carboxylic acids is 6. The van der Waals surface area contributed by atoms with Gasteiger partial charge in [-0.3, -0.25) is 29.4 Å². The van der Waals surface area contributed by atoms with Crippen molar-refractivity contribution in [3.05, 3.63) is 33.7 Å². The first kappa shape index (κ1) is 26.0. The zero-order valence-corrected chi connectivity index (χ0v) is 20.6. The van der Waals surface area contributed by atoms with Crippen LogP contribution in [0.15, 0.2) is 28.8 Å². The van der Waals surface area contributed by atoms with Gasteiger partial charge in [-0.2, -0.15) is 0 Å². The fraction of sp³-hybridized carbons (Fsp3) is 0.350. The van der Waals surface area contributed by atoms with Crippen LogP contribution in [0.25, 0.3) is 0 Å². The van der Waals surface area contributed by atoms with E-state index in [0.717, 1.165) is 21.2 Å². The third-order valence-corrected chi connectivity index (χ3v) is 7.67. The lowest BCUT2D eigenvalue weighted by atomic mass is 10.0. The third kappa shape index (κ3) is 5.36. The molecule has 7 amide bonds. The molecular formula is C20H20N6O9S2. The van der Waals surface area contributed by atoms with Crippen LogP contribution in [0, 0.1) is 0 Å². The van der Waals surface area contributed by atoms with Gasteiger partial charge in [0.15, 0.2) is 0 Å². The molecule has 5 N–H and O–H groups in total. The highest BCUT2D eigenvalue weighted by molar-refractivity contribution is 8.00. The summed E-state index contributed by atoms with van der Waals surface area (Å²) in [4.78, 5) is 85.9. The molecule has 4 heterocycles. The smallest absolute Gasteiger partial charge is 0.352 e. The lowest BCUT2D eigenvalue weighted by Crippen LogP contribution is -2.71. The van der Waals surface area contributed by atoms with Gasteiger partial charge in [-0.25, -0.2) is 24.8 Å². The summed E-state index contributed by atoms with van der Waals surface area (Å²) >= 11 is 2.35. The number of hydrogen-bond acceptors (Lipinski definition) is 10. The van der Waals surface area contributed by atoms with Crippen LogP contribution in [0.4, 0.5) is 9.59 Å². The Bertz CT molecular complexity index is 1220. The van der Waals surface area contributed by atoms with Crippen molar-refractivity contribution in [3.8, 4) is 0 Å². The fourth-order valence-electron chi connectivity index (χ4n) is 3.76. The number of rotatable bonds is 8. The minimum atomic E-state index is -1.37. The molecular weight excluding hydrogens is 532 g/mol. The van der Waals surface area contributed by atoms with E-state index in [0.29, 0.717) is 4.88 Å². The molecule has 0 radical (unpaired) electrons. The highest BCUT2D eigenvalue weighted by atomic mass is 32.2. The highest BCUT2D eigenvalue weighted by Crippen LogP contribution is 2.40. The second kappa shape index (κ2) is 10.5. The lowest BCUT2D eigenvalue weighted by molar-refractivity contribution is -0.151. The molecule has 3 atom stereocenters. The van der Waals surface area contributed by atoms with E-state index in [4.69, 9.17) is 4.74 Å². The number of thiophene rings is 1. The number of thioether (sulfide) groups is 1. The maximum Gasteiger partial charge on any atom is 0.352 e. The third-order valence-electron chi connectivity index (χ3n) is 5.39. The van der Waals surface area contributed by atoms with E-state index in [2.05, 4.69) is 16.1 Å². The molecule has 0 bridgehead atoms. The van der Waals surface area contributed by atoms with Crippen LogP contribution in [-0.2, 0) is 28.7 Å². The van der Waals surface area contributed by atoms with Crippen molar-refractivity contribution in [2.45, 2.75) is 24.4 Å². The lowest BCUT2D eigenvalue weighted by Gasteiger charge is -2.49. The molecule has 196 valence electrons. The SMILES string of the molecule is CC(=O)OCC1=C(C(=O)O)N2C(=O)[C@H](NC(=O)C(NC(=O)NN3CC(=O)NC3=O)c3cccs3)C2SC1. The molecule has 4 rings (SSSR count). The average molecular weight is 553 g/mol. The van der Waals surface area contributed by atoms with Crippen LogP contribution in [-0.4, -0.2) is 87.1 Å². The number of carboxylic acid groups (broad SMARTS) is 1. The Morgan fingerprint density at radius 3 is 2.62 bits per heavy atom. The number of esters is 1. The summed E-state index contributed by atoms with van der Waals surface area (Å²) in [6.07, 6.45) is 0. The zero-order chi connectivity index (χ0) is 26.9. The summed E-state index contributed by atoms with van der Waals surface area (Å²) in [6, 6.07) is -0.880. The number of aliphatic carboxylic acids is 1. The largest absolute Gasteiger partial charge is 0.477 e. The van der Waals surface area contributed by atoms with Crippen LogP contribution < -0.4 is 21.4 Å². The molecule has 3 aliphatic rings. The van der Waals surface area contributed by atoms with Crippen molar-refractivity contribution >= 4 is 64.8 Å². The molecule has 1 aromatic heterocycles. The Morgan fingerprint density at radius 1 is 1.27 bits per heavy atom. The molecule has 0 saturated carbocycles. The van der Waals surface area contributed by atoms with Crippen LogP contribution in [0.1, 0.15) is 17.8 Å². The Balaban J connectivity index is 1.45. The van der Waals surface area contributed by atoms with E-state index >= 15 is 0 Å². The number of fused-ring (bicyclic) bond motifs is 1. The van der Waals surface area contributed by atoms with Gasteiger partial charge in [-0.1, -0.05) is 6.07 Å². The first-order valence-corrected chi connectivity index (χ1v) is 12.5. The molecule has 2 saturated heterocycles. The van der Waals surface area contributed by atoms with Gasteiger partial charge in [-0.05, 0) is 11.4 Å². The Kier molecular flexibility index (Phi) is 7.35. The van der Waals surface area contributed by atoms with Gasteiger partial charge in [0, 0.05) is 23.1 Å². The molecule has 17 heteroatoms. The molecule has 0 aromatic carbocycles. The summed E-state index contributed by atoms with van der Waals surface area (Å²) in [5.74, 6) is -3.85. The number of amides is 7. The minimum Gasteiger partial charge on any atom is -0.477 e. The number of carboxylic acids is 1. The number of urea groups is 2. The van der Waals surface area contributed by atoms with Gasteiger partial charge in [0.2, 0.25) is 11.8 Å². The van der Waals surface area contributed by atoms with Gasteiger partial charge < -0.3 is 20.5 Å². The molecule has 15 nitrogen and oxygen atoms in total. The number of carbonyl (C=O) groups is 7. The predicted molar refractivity (Wildman–Crippen MR) is 125 cm³/mol. The monoisotopic (exact) mass is 552 g/mol. The summed E-state index contributed by atoms with van der Waals surface area (Å²) in [5.41, 5.74) is 2.12. The first-order chi connectivity index (χ1) is 17.6. The quantitative estimate of drug-likeness (QED) is 0.149. The predicted octanol–water partition coefficient (Wildman–Crippen LogP) is -1.14. The summed E-state index contributed by atoms with van der Waals surface area (Å²) in [7, 11) is 0. The van der Waals surface area contributed by atoms with Crippen molar-refractivity contribution in [1.82, 2.24) is 31.3 Å². The van der Waals surface area contributed by atoms with Crippen LogP contribution in [0.3, 0.4) is 0 Å². The second-order valence-corrected chi connectivity index (χ2v) is 9.99. The fourth-order valence-corrected chi connectivity index (χ4v) is 5.86. The molecule has 2 unspecified atom stereocenters. The van der Waals surface area contributed by atoms with Crippen LogP contribution in [0.2, 0.25) is 0 Å². The summed E-state index contributed by atoms with van der Waals surface area (Å²) in [5, 5.41) is 18.3. The Morgan fingerprint density at radius 2 is 2.03 bits per heavy atom. The number of hydrazine groups is 1. The van der Waals surface area contributed by atoms with E-state index in [1.54, 1.807) is 17.5 Å². The van der Waals surface area contributed by atoms with E-state index in [1.165, 1.54) is 18.7 Å². The molecule has 0 aliphatic carbocycles. The molecule has 2 fully saturated rings. The minimum absolute atomic E-state index is 0.154. The van der Waals surface area contributed by atoms with Crippen LogP contribution in [0.5, 0.6) is 0 Å². The Labute approximate surface area is 216 Å². The van der Waals surface area contributed by atoms with Gasteiger partial charge in [-0.15, -0.1) is 23.1 Å². The van der Waals surface area contributed by atoms with Gasteiger partial charge in [0.1, 0.15) is 36.3 Å². The second-order valence-electron chi connectivity index (χ2n) is 7.91. The zero-order valence-electron chi connectivity index (χ0n) is 19.0. The summed E-state index contributed by atoms with van der Waals surface area (Å²) < 4.78 is 4.89. The van der Waals surface area contributed by atoms with Crippen LogP contribution >= 0.6 is 23.1 Å². The Hall–Kier alpha value is -4.12. The molecule has 1 aromatic rings. The van der Waals surface area contributed by atoms with Crippen molar-refractivity contribution in [2.24, 2.45) is 0 Å². The number of hydrogen-bond donors (Lipinski definition) is 5. The molecule has 37 heavy (non-hydrogen) atoms. The molecule has 0 spiro atoms. The van der Waals surface area contributed by atoms with Crippen molar-refractivity contribution in [2.75, 3.05) is 18.9 Å². The van der Waals surface area contributed by atoms with Gasteiger partial charge in [0.25, 0.3) is 5.91 Å². The number of β-lactam (4-membered cyclic amide) rings is 1. The summed E-state index contributed by atoms with van der Waals surface area (Å²) in [6.45, 7) is 0.502. The highest BCUT2D eigenvalue weighted by Gasteiger charge is 2.54. The first-order valence-electron chi connectivity index (χ1n) is 10.6. The van der Waals surface area contributed by atoms with E-state index in [-0.39, 0.29) is 23.6 Å². The van der Waals surface area contributed by atoms with Gasteiger partial charge >= 0.3 is 24.0 Å². The maximum atomic E-state index is 13.2. The van der Waals surface area contributed by atoms with Crippen molar-refractivity contribution < 1.29 is 43.4 Å². The topological polar surface area (TPSA) is 204 Å². The van der Waals surface area contributed by atoms with Gasteiger partial charge in [0.05, 0.1) is 0 Å². The van der Waals surface area contributed by atoms with Crippen molar-refractivity contribution in [1.29, 1.82) is 0 Å². The van der Waals surface area contributed by atoms with E-state index in [1.807, 2.05) is 5.32 Å². The number of ether oxygens (including phenoxy) is 1. The van der Waals surface area contributed by atoms with Crippen molar-refractivity contribution in [3.63, 3.8) is 0 Å². The average Bonchev–Trinajstić information content (AvgIpc) is 3.47. The standard InChI is InChI=1S/C20H20N6O9S2/c1-8(27)35-6-9-7-37-17-13(16(30)26(17)14(9)18(31)32)22-15(29)12(10-3-2-4-36-10)23-19(33)24-25-5-11(28)21-20(25)34/h2-4,12-13,17H,5-7H2,1H3,(H,22,29)(H,31,32)(H,21,28,34)(H2,23,24,33)/t12?,13-,17?/m0/s1. The normalized spacial score (nSPS) is 21.5. The number of imide groups is 1. The number of nitrogens with one attached hydrogen (secondary N) is 4. The molecule has 3 aliphatic heterocycles. The maximum absolute atomic E-state index is 13.2.